The number of hydrogen-bond acceptors (Lipinski definition) is 2. The molecule has 2 nitrogen and oxygen atoms in total. The van der Waals surface area contributed by atoms with Crippen LogP contribution in [0.15, 0.2) is 18.2 Å². The minimum atomic E-state index is -0.494. The molecule has 2 N–H and O–H groups in total. The summed E-state index contributed by atoms with van der Waals surface area (Å²) in [4.78, 5) is 11.9. The summed E-state index contributed by atoms with van der Waals surface area (Å²) >= 11 is 5.82. The molecule has 0 amide bonds. The SMILES string of the molecule is CC(C)(C)CC(N)CC(=O)Cc1cccc(F)c1Cl. The van der Waals surface area contributed by atoms with Crippen molar-refractivity contribution in [1.29, 1.82) is 0 Å². The first-order valence-corrected chi connectivity index (χ1v) is 6.77. The number of nitrogens with two attached hydrogens (primary N) is 1. The molecule has 0 fully saturated rings. The zero-order chi connectivity index (χ0) is 14.6. The van der Waals surface area contributed by atoms with Crippen LogP contribution in [0.4, 0.5) is 4.39 Å². The Labute approximate surface area is 119 Å². The molecular weight excluding hydrogens is 265 g/mol. The van der Waals surface area contributed by atoms with Gasteiger partial charge in [0.15, 0.2) is 0 Å². The molecule has 0 aliphatic heterocycles. The van der Waals surface area contributed by atoms with Gasteiger partial charge in [-0.25, -0.2) is 4.39 Å². The molecule has 0 spiro atoms. The summed E-state index contributed by atoms with van der Waals surface area (Å²) in [6, 6.07) is 4.33. The van der Waals surface area contributed by atoms with Crippen molar-refractivity contribution < 1.29 is 9.18 Å². The molecule has 19 heavy (non-hydrogen) atoms. The summed E-state index contributed by atoms with van der Waals surface area (Å²) in [6.07, 6.45) is 1.20. The lowest BCUT2D eigenvalue weighted by atomic mass is 9.86. The first-order valence-electron chi connectivity index (χ1n) is 6.39. The van der Waals surface area contributed by atoms with Gasteiger partial charge in [-0.05, 0) is 23.5 Å². The van der Waals surface area contributed by atoms with Crippen LogP contribution in [0.5, 0.6) is 0 Å². The van der Waals surface area contributed by atoms with Crippen LogP contribution in [0.25, 0.3) is 0 Å². The molecule has 1 unspecified atom stereocenters. The van der Waals surface area contributed by atoms with Crippen molar-refractivity contribution in [2.75, 3.05) is 0 Å². The molecule has 0 heterocycles. The second-order valence-electron chi connectivity index (χ2n) is 6.16. The van der Waals surface area contributed by atoms with Gasteiger partial charge in [0, 0.05) is 18.9 Å². The van der Waals surface area contributed by atoms with E-state index < -0.39 is 5.82 Å². The highest BCUT2D eigenvalue weighted by atomic mass is 35.5. The van der Waals surface area contributed by atoms with E-state index in [0.717, 1.165) is 6.42 Å². The van der Waals surface area contributed by atoms with Gasteiger partial charge in [-0.15, -0.1) is 0 Å². The normalized spacial score (nSPS) is 13.4. The fourth-order valence-corrected chi connectivity index (χ4v) is 2.31. The third kappa shape index (κ3) is 5.70. The topological polar surface area (TPSA) is 43.1 Å². The van der Waals surface area contributed by atoms with Crippen LogP contribution < -0.4 is 5.73 Å². The molecule has 0 bridgehead atoms. The van der Waals surface area contributed by atoms with E-state index in [1.165, 1.54) is 6.07 Å². The Hall–Kier alpha value is -0.930. The Kier molecular flexibility index (Phi) is 5.50. The van der Waals surface area contributed by atoms with E-state index in [1.807, 2.05) is 0 Å². The Morgan fingerprint density at radius 2 is 2.05 bits per heavy atom. The molecule has 0 saturated heterocycles. The summed E-state index contributed by atoms with van der Waals surface area (Å²) in [5, 5.41) is 0.0280. The van der Waals surface area contributed by atoms with Gasteiger partial charge in [0.25, 0.3) is 0 Å². The Balaban J connectivity index is 2.58. The van der Waals surface area contributed by atoms with Crippen LogP contribution in [0.2, 0.25) is 5.02 Å². The van der Waals surface area contributed by atoms with Gasteiger partial charge in [0.2, 0.25) is 0 Å². The van der Waals surface area contributed by atoms with Crippen LogP contribution in [-0.2, 0) is 11.2 Å². The molecule has 0 aliphatic rings. The number of hydrogen-bond donors (Lipinski definition) is 1. The molecule has 1 aromatic carbocycles. The van der Waals surface area contributed by atoms with Crippen molar-refractivity contribution in [2.45, 2.75) is 46.1 Å². The maximum absolute atomic E-state index is 13.2. The smallest absolute Gasteiger partial charge is 0.142 e. The van der Waals surface area contributed by atoms with Gasteiger partial charge in [-0.1, -0.05) is 44.5 Å². The number of ketones is 1. The first kappa shape index (κ1) is 16.1. The van der Waals surface area contributed by atoms with Gasteiger partial charge < -0.3 is 5.73 Å². The summed E-state index contributed by atoms with van der Waals surface area (Å²) in [7, 11) is 0. The average molecular weight is 286 g/mol. The molecule has 0 aromatic heterocycles. The quantitative estimate of drug-likeness (QED) is 0.895. The second-order valence-corrected chi connectivity index (χ2v) is 6.54. The van der Waals surface area contributed by atoms with E-state index in [-0.39, 0.29) is 28.7 Å². The van der Waals surface area contributed by atoms with Crippen molar-refractivity contribution in [3.05, 3.63) is 34.6 Å². The Bertz CT molecular complexity index is 454. The number of rotatable bonds is 5. The van der Waals surface area contributed by atoms with Crippen LogP contribution in [-0.4, -0.2) is 11.8 Å². The van der Waals surface area contributed by atoms with Crippen LogP contribution in [0.3, 0.4) is 0 Å². The maximum Gasteiger partial charge on any atom is 0.142 e. The summed E-state index contributed by atoms with van der Waals surface area (Å²) in [6.45, 7) is 6.25. The lowest BCUT2D eigenvalue weighted by Crippen LogP contribution is -2.29. The van der Waals surface area contributed by atoms with Crippen LogP contribution >= 0.6 is 11.6 Å². The van der Waals surface area contributed by atoms with Crippen molar-refractivity contribution in [2.24, 2.45) is 11.1 Å². The van der Waals surface area contributed by atoms with E-state index >= 15 is 0 Å². The van der Waals surface area contributed by atoms with Crippen LogP contribution in [0.1, 0.15) is 39.2 Å². The minimum absolute atomic E-state index is 0.00995. The minimum Gasteiger partial charge on any atom is -0.327 e. The van der Waals surface area contributed by atoms with Gasteiger partial charge in [-0.2, -0.15) is 0 Å². The maximum atomic E-state index is 13.2. The Morgan fingerprint density at radius 1 is 1.42 bits per heavy atom. The number of carbonyl (C=O) groups is 1. The largest absolute Gasteiger partial charge is 0.327 e. The van der Waals surface area contributed by atoms with Crippen molar-refractivity contribution >= 4 is 17.4 Å². The molecule has 1 rings (SSSR count). The zero-order valence-corrected chi connectivity index (χ0v) is 12.4. The van der Waals surface area contributed by atoms with Crippen molar-refractivity contribution in [1.82, 2.24) is 0 Å². The fraction of sp³-hybridized carbons (Fsp3) is 0.533. The monoisotopic (exact) mass is 285 g/mol. The predicted molar refractivity (Wildman–Crippen MR) is 76.8 cm³/mol. The van der Waals surface area contributed by atoms with Crippen molar-refractivity contribution in [3.8, 4) is 0 Å². The summed E-state index contributed by atoms with van der Waals surface area (Å²) in [5.74, 6) is -0.504. The molecule has 4 heteroatoms. The van der Waals surface area contributed by atoms with E-state index in [1.54, 1.807) is 12.1 Å². The fourth-order valence-electron chi connectivity index (χ4n) is 2.12. The zero-order valence-electron chi connectivity index (χ0n) is 11.7. The van der Waals surface area contributed by atoms with Gasteiger partial charge in [0.1, 0.15) is 11.6 Å². The average Bonchev–Trinajstić information content (AvgIpc) is 2.21. The number of Topliss-reactive ketones (excluding diaryl/α,β-unsaturated/α-hetero) is 1. The second kappa shape index (κ2) is 6.49. The highest BCUT2D eigenvalue weighted by Gasteiger charge is 2.19. The van der Waals surface area contributed by atoms with E-state index in [4.69, 9.17) is 17.3 Å². The van der Waals surface area contributed by atoms with E-state index in [2.05, 4.69) is 20.8 Å². The van der Waals surface area contributed by atoms with Gasteiger partial charge in [-0.3, -0.25) is 4.79 Å². The third-order valence-electron chi connectivity index (χ3n) is 2.78. The standard InChI is InChI=1S/C15H21ClFNO/c1-15(2,3)9-11(18)8-12(19)7-10-5-4-6-13(17)14(10)16/h4-6,11H,7-9,18H2,1-3H3. The van der Waals surface area contributed by atoms with Crippen LogP contribution in [0, 0.1) is 11.2 Å². The first-order chi connectivity index (χ1) is 8.69. The number of halogens is 2. The molecule has 0 aliphatic carbocycles. The third-order valence-corrected chi connectivity index (χ3v) is 3.21. The highest BCUT2D eigenvalue weighted by molar-refractivity contribution is 6.31. The lowest BCUT2D eigenvalue weighted by molar-refractivity contribution is -0.118. The van der Waals surface area contributed by atoms with Gasteiger partial charge in [0.05, 0.1) is 5.02 Å². The summed E-state index contributed by atoms with van der Waals surface area (Å²) in [5.41, 5.74) is 6.57. The van der Waals surface area contributed by atoms with Crippen molar-refractivity contribution in [3.63, 3.8) is 0 Å². The van der Waals surface area contributed by atoms with E-state index in [0.29, 0.717) is 12.0 Å². The predicted octanol–water partition coefficient (Wildman–Crippen LogP) is 3.74. The number of carbonyl (C=O) groups excluding carboxylic acids is 1. The molecule has 106 valence electrons. The van der Waals surface area contributed by atoms with E-state index in [9.17, 15) is 9.18 Å². The Morgan fingerprint density at radius 3 is 2.63 bits per heavy atom. The van der Waals surface area contributed by atoms with Gasteiger partial charge >= 0.3 is 0 Å². The highest BCUT2D eigenvalue weighted by Crippen LogP contribution is 2.23. The molecule has 0 radical (unpaired) electrons. The molecule has 1 aromatic rings. The molecular formula is C15H21ClFNO. The summed E-state index contributed by atoms with van der Waals surface area (Å²) < 4.78 is 13.2. The number of benzene rings is 1. The molecule has 1 atom stereocenters. The lowest BCUT2D eigenvalue weighted by Gasteiger charge is -2.22. The molecule has 0 saturated carbocycles.